The van der Waals surface area contributed by atoms with Gasteiger partial charge in [0.25, 0.3) is 5.91 Å². The summed E-state index contributed by atoms with van der Waals surface area (Å²) >= 11 is 11.4. The van der Waals surface area contributed by atoms with Crippen molar-refractivity contribution in [2.45, 2.75) is 26.3 Å². The Labute approximate surface area is 110 Å². The molecule has 0 radical (unpaired) electrons. The fourth-order valence-corrected chi connectivity index (χ4v) is 1.85. The summed E-state index contributed by atoms with van der Waals surface area (Å²) in [6.07, 6.45) is 0.713. The summed E-state index contributed by atoms with van der Waals surface area (Å²) in [5.41, 5.74) is 0.294. The van der Waals surface area contributed by atoms with Gasteiger partial charge in [0.15, 0.2) is 0 Å². The summed E-state index contributed by atoms with van der Waals surface area (Å²) in [7, 11) is 0. The van der Waals surface area contributed by atoms with Crippen molar-refractivity contribution in [3.8, 4) is 0 Å². The minimum Gasteiger partial charge on any atom is -0.394 e. The highest BCUT2D eigenvalue weighted by atomic mass is 35.5. The summed E-state index contributed by atoms with van der Waals surface area (Å²) in [5, 5.41) is 12.4. The molecule has 0 saturated heterocycles. The normalized spacial score (nSPS) is 12.8. The number of aromatic nitrogens is 1. The molecule has 0 saturated carbocycles. The Hall–Kier alpha value is -0.710. The Morgan fingerprint density at radius 2 is 2.18 bits per heavy atom. The van der Waals surface area contributed by atoms with Gasteiger partial charge in [0, 0.05) is 0 Å². The Morgan fingerprint density at radius 3 is 2.59 bits per heavy atom. The van der Waals surface area contributed by atoms with Crippen LogP contribution in [0.2, 0.25) is 10.2 Å². The van der Waals surface area contributed by atoms with E-state index in [1.807, 2.05) is 13.8 Å². The number of hydrogen-bond donors (Lipinski definition) is 3. The van der Waals surface area contributed by atoms with Gasteiger partial charge in [-0.1, -0.05) is 37.0 Å². The maximum atomic E-state index is 11.8. The van der Waals surface area contributed by atoms with Crippen LogP contribution in [-0.2, 0) is 0 Å². The fourth-order valence-electron chi connectivity index (χ4n) is 1.54. The first-order valence-electron chi connectivity index (χ1n) is 5.39. The highest BCUT2D eigenvalue weighted by Gasteiger charge is 2.16. The van der Waals surface area contributed by atoms with Crippen molar-refractivity contribution in [1.29, 1.82) is 0 Å². The monoisotopic (exact) mass is 278 g/mol. The van der Waals surface area contributed by atoms with Crippen LogP contribution in [-0.4, -0.2) is 28.6 Å². The number of hydrogen-bond acceptors (Lipinski definition) is 2. The molecule has 1 atom stereocenters. The molecule has 0 aliphatic rings. The molecule has 3 N–H and O–H groups in total. The van der Waals surface area contributed by atoms with E-state index < -0.39 is 0 Å². The Morgan fingerprint density at radius 1 is 1.53 bits per heavy atom. The van der Waals surface area contributed by atoms with Gasteiger partial charge >= 0.3 is 0 Å². The molecule has 0 aliphatic heterocycles. The van der Waals surface area contributed by atoms with Gasteiger partial charge in [-0.25, -0.2) is 0 Å². The van der Waals surface area contributed by atoms with Crippen LogP contribution in [0, 0.1) is 5.92 Å². The summed E-state index contributed by atoms with van der Waals surface area (Å²) in [6, 6.07) is 1.20. The number of halogens is 2. The van der Waals surface area contributed by atoms with E-state index in [2.05, 4.69) is 10.3 Å². The van der Waals surface area contributed by atoms with Gasteiger partial charge in [0.05, 0.1) is 17.7 Å². The highest BCUT2D eigenvalue weighted by Crippen LogP contribution is 2.21. The van der Waals surface area contributed by atoms with Crippen LogP contribution in [0.1, 0.15) is 30.8 Å². The van der Waals surface area contributed by atoms with Crippen molar-refractivity contribution in [1.82, 2.24) is 10.3 Å². The number of carbonyl (C=O) groups is 1. The summed E-state index contributed by atoms with van der Waals surface area (Å²) in [4.78, 5) is 14.5. The lowest BCUT2D eigenvalue weighted by atomic mass is 10.0. The number of rotatable bonds is 5. The molecule has 6 heteroatoms. The topological polar surface area (TPSA) is 65.1 Å². The molecule has 17 heavy (non-hydrogen) atoms. The summed E-state index contributed by atoms with van der Waals surface area (Å²) in [5.74, 6) is 0.0711. The molecule has 0 aromatic carbocycles. The number of nitrogens with one attached hydrogen (secondary N) is 2. The van der Waals surface area contributed by atoms with E-state index in [4.69, 9.17) is 28.3 Å². The average Bonchev–Trinajstić information content (AvgIpc) is 2.57. The first kappa shape index (κ1) is 14.4. The zero-order valence-electron chi connectivity index (χ0n) is 9.76. The van der Waals surface area contributed by atoms with E-state index in [-0.39, 0.29) is 23.7 Å². The zero-order chi connectivity index (χ0) is 13.0. The van der Waals surface area contributed by atoms with Crippen LogP contribution < -0.4 is 5.32 Å². The van der Waals surface area contributed by atoms with Gasteiger partial charge in [0.1, 0.15) is 10.8 Å². The van der Waals surface area contributed by atoms with Crippen molar-refractivity contribution in [2.75, 3.05) is 6.61 Å². The van der Waals surface area contributed by atoms with Crippen LogP contribution in [0.4, 0.5) is 0 Å². The molecule has 1 aromatic heterocycles. The maximum Gasteiger partial charge on any atom is 0.268 e. The minimum absolute atomic E-state index is 0.0912. The van der Waals surface area contributed by atoms with Gasteiger partial charge in [-0.2, -0.15) is 0 Å². The van der Waals surface area contributed by atoms with Crippen molar-refractivity contribution in [3.05, 3.63) is 21.9 Å². The van der Waals surface area contributed by atoms with Crippen molar-refractivity contribution < 1.29 is 9.90 Å². The summed E-state index contributed by atoms with van der Waals surface area (Å²) in [6.45, 7) is 3.96. The largest absolute Gasteiger partial charge is 0.394 e. The molecule has 0 aliphatic carbocycles. The molecule has 1 heterocycles. The minimum atomic E-state index is -0.321. The van der Waals surface area contributed by atoms with Crippen LogP contribution in [0.15, 0.2) is 6.07 Å². The van der Waals surface area contributed by atoms with Gasteiger partial charge in [0.2, 0.25) is 0 Å². The molecule has 1 aromatic rings. The quantitative estimate of drug-likeness (QED) is 0.775. The average molecular weight is 279 g/mol. The number of aromatic amines is 1. The molecule has 4 nitrogen and oxygen atoms in total. The van der Waals surface area contributed by atoms with Crippen molar-refractivity contribution >= 4 is 29.1 Å². The summed E-state index contributed by atoms with van der Waals surface area (Å²) < 4.78 is 0. The third-order valence-electron chi connectivity index (χ3n) is 2.28. The smallest absolute Gasteiger partial charge is 0.268 e. The zero-order valence-corrected chi connectivity index (χ0v) is 11.3. The van der Waals surface area contributed by atoms with Crippen LogP contribution in [0.5, 0.6) is 0 Å². The number of amides is 1. The van der Waals surface area contributed by atoms with E-state index in [9.17, 15) is 4.79 Å². The predicted octanol–water partition coefficient (Wildman–Crippen LogP) is 2.46. The number of H-pyrrole nitrogens is 1. The van der Waals surface area contributed by atoms with E-state index in [0.29, 0.717) is 23.1 Å². The Bertz CT molecular complexity index is 371. The third-order valence-corrected chi connectivity index (χ3v) is 2.97. The van der Waals surface area contributed by atoms with Gasteiger partial charge in [-0.15, -0.1) is 0 Å². The maximum absolute atomic E-state index is 11.8. The van der Waals surface area contributed by atoms with Crippen LogP contribution >= 0.6 is 23.2 Å². The second-order valence-corrected chi connectivity index (χ2v) is 5.11. The van der Waals surface area contributed by atoms with E-state index in [1.165, 1.54) is 6.07 Å². The van der Waals surface area contributed by atoms with Gasteiger partial charge in [-0.3, -0.25) is 4.79 Å². The molecule has 1 amide bonds. The van der Waals surface area contributed by atoms with E-state index in [1.54, 1.807) is 0 Å². The Kier molecular flexibility index (Phi) is 5.31. The lowest BCUT2D eigenvalue weighted by Gasteiger charge is -2.17. The fraction of sp³-hybridized carbons (Fsp3) is 0.545. The first-order valence-corrected chi connectivity index (χ1v) is 6.15. The molecular formula is C11H16Cl2N2O2. The molecule has 0 fully saturated rings. The van der Waals surface area contributed by atoms with Crippen molar-refractivity contribution in [2.24, 2.45) is 5.92 Å². The molecule has 1 unspecified atom stereocenters. The number of aliphatic hydroxyl groups excluding tert-OH is 1. The van der Waals surface area contributed by atoms with Gasteiger partial charge in [-0.05, 0) is 18.4 Å². The van der Waals surface area contributed by atoms with Gasteiger partial charge < -0.3 is 15.4 Å². The van der Waals surface area contributed by atoms with E-state index >= 15 is 0 Å². The van der Waals surface area contributed by atoms with E-state index in [0.717, 1.165) is 0 Å². The molecule has 1 rings (SSSR count). The molecule has 0 bridgehead atoms. The van der Waals surface area contributed by atoms with Crippen molar-refractivity contribution in [3.63, 3.8) is 0 Å². The predicted molar refractivity (Wildman–Crippen MR) is 68.6 cm³/mol. The number of aliphatic hydroxyl groups is 1. The second kappa shape index (κ2) is 6.28. The SMILES string of the molecule is CC(C)CC(CO)NC(=O)c1cc(Cl)c(Cl)[nH]1. The van der Waals surface area contributed by atoms with Crippen LogP contribution in [0.25, 0.3) is 0 Å². The molecule has 0 spiro atoms. The third kappa shape index (κ3) is 4.22. The van der Waals surface area contributed by atoms with Crippen LogP contribution in [0.3, 0.4) is 0 Å². The lowest BCUT2D eigenvalue weighted by Crippen LogP contribution is -2.38. The number of carbonyl (C=O) groups excluding carboxylic acids is 1. The standard InChI is InChI=1S/C11H16Cl2N2O2/c1-6(2)3-7(5-16)14-11(17)9-4-8(12)10(13)15-9/h4,6-7,15-16H,3,5H2,1-2H3,(H,14,17). The lowest BCUT2D eigenvalue weighted by molar-refractivity contribution is 0.0904. The molecular weight excluding hydrogens is 263 g/mol. The molecule has 96 valence electrons. The highest BCUT2D eigenvalue weighted by molar-refractivity contribution is 6.41. The first-order chi connectivity index (χ1) is 7.93. The second-order valence-electron chi connectivity index (χ2n) is 4.33. The Balaban J connectivity index is 2.64.